The number of hydrogen-bond acceptors (Lipinski definition) is 4. The molecule has 134 valence electrons. The highest BCUT2D eigenvalue weighted by Crippen LogP contribution is 2.31. The number of carbonyl (C=O) groups excluding carboxylic acids is 1. The number of primary amides is 1. The van der Waals surface area contributed by atoms with Crippen LogP contribution in [0.2, 0.25) is 0 Å². The molecule has 26 heavy (non-hydrogen) atoms. The molecular weight excluding hydrogens is 344 g/mol. The third-order valence-corrected chi connectivity index (χ3v) is 5.01. The van der Waals surface area contributed by atoms with E-state index in [1.165, 1.54) is 22.5 Å². The van der Waals surface area contributed by atoms with Gasteiger partial charge in [-0.3, -0.25) is 4.79 Å². The molecule has 1 heterocycles. The molecule has 0 aliphatic rings. The van der Waals surface area contributed by atoms with Crippen LogP contribution in [0.25, 0.3) is 0 Å². The Kier molecular flexibility index (Phi) is 6.04. The largest absolute Gasteiger partial charge is 0.446 e. The van der Waals surface area contributed by atoms with E-state index in [0.717, 1.165) is 30.8 Å². The van der Waals surface area contributed by atoms with Gasteiger partial charge >= 0.3 is 0 Å². The molecular formula is C21H22N2O2S. The molecule has 0 radical (unpaired) electrons. The van der Waals surface area contributed by atoms with E-state index in [1.54, 1.807) is 12.1 Å². The predicted octanol–water partition coefficient (Wildman–Crippen LogP) is 4.28. The van der Waals surface area contributed by atoms with Crippen molar-refractivity contribution in [1.82, 2.24) is 5.32 Å². The molecule has 0 unspecified atom stereocenters. The second-order valence-electron chi connectivity index (χ2n) is 6.10. The van der Waals surface area contributed by atoms with E-state index < -0.39 is 5.91 Å². The number of benzene rings is 2. The molecule has 5 heteroatoms. The highest BCUT2D eigenvalue weighted by atomic mass is 32.1. The van der Waals surface area contributed by atoms with Crippen molar-refractivity contribution in [2.75, 3.05) is 6.54 Å². The topological polar surface area (TPSA) is 64.3 Å². The van der Waals surface area contributed by atoms with E-state index in [4.69, 9.17) is 10.5 Å². The lowest BCUT2D eigenvalue weighted by molar-refractivity contribution is 0.100. The van der Waals surface area contributed by atoms with E-state index in [9.17, 15) is 4.79 Å². The third-order valence-electron chi connectivity index (χ3n) is 4.04. The second-order valence-corrected chi connectivity index (χ2v) is 7.14. The van der Waals surface area contributed by atoms with Crippen LogP contribution in [0.1, 0.15) is 26.4 Å². The summed E-state index contributed by atoms with van der Waals surface area (Å²) in [6.07, 6.45) is 0.957. The fourth-order valence-electron chi connectivity index (χ4n) is 2.66. The van der Waals surface area contributed by atoms with Crippen LogP contribution in [-0.4, -0.2) is 12.5 Å². The van der Waals surface area contributed by atoms with E-state index in [2.05, 4.69) is 41.7 Å². The zero-order valence-electron chi connectivity index (χ0n) is 14.7. The average Bonchev–Trinajstić information content (AvgIpc) is 3.11. The van der Waals surface area contributed by atoms with Crippen molar-refractivity contribution in [3.63, 3.8) is 0 Å². The summed E-state index contributed by atoms with van der Waals surface area (Å²) in [5.74, 6) is 0.365. The van der Waals surface area contributed by atoms with Gasteiger partial charge in [-0.05, 0) is 54.8 Å². The van der Waals surface area contributed by atoms with Crippen molar-refractivity contribution in [3.05, 3.63) is 82.2 Å². The Morgan fingerprint density at radius 3 is 2.58 bits per heavy atom. The highest BCUT2D eigenvalue weighted by Gasteiger charge is 2.08. The van der Waals surface area contributed by atoms with E-state index >= 15 is 0 Å². The first kappa shape index (κ1) is 18.2. The molecule has 0 aliphatic heterocycles. The van der Waals surface area contributed by atoms with E-state index in [-0.39, 0.29) is 0 Å². The Morgan fingerprint density at radius 2 is 1.88 bits per heavy atom. The van der Waals surface area contributed by atoms with Crippen LogP contribution in [0.4, 0.5) is 0 Å². The van der Waals surface area contributed by atoms with Crippen molar-refractivity contribution in [3.8, 4) is 10.8 Å². The van der Waals surface area contributed by atoms with Crippen molar-refractivity contribution in [2.24, 2.45) is 5.73 Å². The Balaban J connectivity index is 1.52. The van der Waals surface area contributed by atoms with Crippen molar-refractivity contribution < 1.29 is 9.53 Å². The van der Waals surface area contributed by atoms with Gasteiger partial charge in [-0.15, -0.1) is 0 Å². The molecule has 3 aromatic rings. The van der Waals surface area contributed by atoms with E-state index in [0.29, 0.717) is 9.94 Å². The fourth-order valence-corrected chi connectivity index (χ4v) is 3.38. The van der Waals surface area contributed by atoms with Crippen LogP contribution in [0.15, 0.2) is 60.7 Å². The third kappa shape index (κ3) is 4.94. The molecule has 0 bridgehead atoms. The number of hydrogen-bond donors (Lipinski definition) is 2. The molecule has 0 spiro atoms. The molecule has 0 aliphatic carbocycles. The SMILES string of the molecule is Cc1cc(CCNCc2ccccc2)ccc1Oc1ccc(C(N)=O)s1. The van der Waals surface area contributed by atoms with Crippen LogP contribution in [0, 0.1) is 6.92 Å². The maximum atomic E-state index is 11.2. The Bertz CT molecular complexity index is 875. The van der Waals surface area contributed by atoms with Crippen LogP contribution in [0.3, 0.4) is 0 Å². The minimum absolute atomic E-state index is 0.431. The smallest absolute Gasteiger partial charge is 0.258 e. The molecule has 2 aromatic carbocycles. The molecule has 1 aromatic heterocycles. The van der Waals surface area contributed by atoms with E-state index in [1.807, 2.05) is 19.1 Å². The summed E-state index contributed by atoms with van der Waals surface area (Å²) in [6.45, 7) is 3.82. The zero-order valence-corrected chi connectivity index (χ0v) is 15.5. The van der Waals surface area contributed by atoms with Crippen molar-refractivity contribution in [1.29, 1.82) is 0 Å². The monoisotopic (exact) mass is 366 g/mol. The van der Waals surface area contributed by atoms with Gasteiger partial charge in [-0.2, -0.15) is 0 Å². The number of aryl methyl sites for hydroxylation is 1. The van der Waals surface area contributed by atoms with Crippen molar-refractivity contribution in [2.45, 2.75) is 19.9 Å². The van der Waals surface area contributed by atoms with Crippen molar-refractivity contribution >= 4 is 17.2 Å². The summed E-state index contributed by atoms with van der Waals surface area (Å²) in [5.41, 5.74) is 8.90. The average molecular weight is 366 g/mol. The van der Waals surface area contributed by atoms with Gasteiger partial charge in [0, 0.05) is 6.54 Å². The van der Waals surface area contributed by atoms with Gasteiger partial charge in [0.1, 0.15) is 5.75 Å². The number of ether oxygens (including phenoxy) is 1. The van der Waals surface area contributed by atoms with Crippen LogP contribution in [0.5, 0.6) is 10.8 Å². The molecule has 1 amide bonds. The normalized spacial score (nSPS) is 10.7. The minimum atomic E-state index is -0.431. The van der Waals surface area contributed by atoms with Gasteiger partial charge in [0.05, 0.1) is 4.88 Å². The molecule has 3 rings (SSSR count). The number of rotatable bonds is 8. The first-order valence-corrected chi connectivity index (χ1v) is 9.35. The number of nitrogens with one attached hydrogen (secondary N) is 1. The first-order valence-electron chi connectivity index (χ1n) is 8.53. The summed E-state index contributed by atoms with van der Waals surface area (Å²) in [4.78, 5) is 11.7. The second kappa shape index (κ2) is 8.65. The number of nitrogens with two attached hydrogens (primary N) is 1. The molecule has 0 saturated carbocycles. The molecule has 0 fully saturated rings. The highest BCUT2D eigenvalue weighted by molar-refractivity contribution is 7.15. The number of carbonyl (C=O) groups is 1. The number of thiophene rings is 1. The number of amides is 1. The van der Waals surface area contributed by atoms with Crippen LogP contribution >= 0.6 is 11.3 Å². The lowest BCUT2D eigenvalue weighted by Crippen LogP contribution is -2.16. The summed E-state index contributed by atoms with van der Waals surface area (Å²) >= 11 is 1.26. The molecule has 3 N–H and O–H groups in total. The van der Waals surface area contributed by atoms with Crippen LogP contribution in [-0.2, 0) is 13.0 Å². The van der Waals surface area contributed by atoms with Crippen LogP contribution < -0.4 is 15.8 Å². The van der Waals surface area contributed by atoms with Gasteiger partial charge in [0.15, 0.2) is 5.06 Å². The van der Waals surface area contributed by atoms with Gasteiger partial charge in [0.2, 0.25) is 0 Å². The first-order chi connectivity index (χ1) is 12.6. The Hall–Kier alpha value is -2.63. The maximum Gasteiger partial charge on any atom is 0.258 e. The fraction of sp³-hybridized carbons (Fsp3) is 0.190. The van der Waals surface area contributed by atoms with Gasteiger partial charge < -0.3 is 15.8 Å². The summed E-state index contributed by atoms with van der Waals surface area (Å²) < 4.78 is 5.87. The summed E-state index contributed by atoms with van der Waals surface area (Å²) in [5, 5.41) is 4.13. The molecule has 0 saturated heterocycles. The quantitative estimate of drug-likeness (QED) is 0.585. The van der Waals surface area contributed by atoms with Gasteiger partial charge in [0.25, 0.3) is 5.91 Å². The Morgan fingerprint density at radius 1 is 1.08 bits per heavy atom. The summed E-state index contributed by atoms with van der Waals surface area (Å²) in [6, 6.07) is 20.0. The summed E-state index contributed by atoms with van der Waals surface area (Å²) in [7, 11) is 0. The standard InChI is InChI=1S/C21H22N2O2S/c1-15-13-16(11-12-23-14-17-5-3-2-4-6-17)7-8-18(15)25-20-10-9-19(26-20)21(22)24/h2-10,13,23H,11-12,14H2,1H3,(H2,22,24). The minimum Gasteiger partial charge on any atom is -0.446 e. The predicted molar refractivity (Wildman–Crippen MR) is 106 cm³/mol. The van der Waals surface area contributed by atoms with Gasteiger partial charge in [-0.1, -0.05) is 53.8 Å². The molecule has 4 nitrogen and oxygen atoms in total. The Labute approximate surface area is 157 Å². The maximum absolute atomic E-state index is 11.2. The van der Waals surface area contributed by atoms with Gasteiger partial charge in [-0.25, -0.2) is 0 Å². The lowest BCUT2D eigenvalue weighted by atomic mass is 10.1. The zero-order chi connectivity index (χ0) is 18.4. The lowest BCUT2D eigenvalue weighted by Gasteiger charge is -2.10. The molecule has 0 atom stereocenters.